The van der Waals surface area contributed by atoms with Crippen LogP contribution in [0.15, 0.2) is 51.8 Å². The summed E-state index contributed by atoms with van der Waals surface area (Å²) >= 11 is 0. The Labute approximate surface area is 205 Å². The molecular formula is C25H32FN3O5S. The summed E-state index contributed by atoms with van der Waals surface area (Å²) in [4.78, 5) is 19.0. The number of aliphatic hydroxyl groups excluding tert-OH is 1. The Morgan fingerprint density at radius 1 is 1.29 bits per heavy atom. The maximum atomic E-state index is 14.1. The first-order chi connectivity index (χ1) is 16.5. The number of benzene rings is 1. The van der Waals surface area contributed by atoms with Crippen LogP contribution in [-0.4, -0.2) is 54.2 Å². The fourth-order valence-electron chi connectivity index (χ4n) is 4.86. The van der Waals surface area contributed by atoms with Crippen LogP contribution in [0.25, 0.3) is 0 Å². The van der Waals surface area contributed by atoms with Crippen molar-refractivity contribution in [3.8, 4) is 0 Å². The monoisotopic (exact) mass is 505 g/mol. The van der Waals surface area contributed by atoms with Gasteiger partial charge < -0.3 is 20.1 Å². The van der Waals surface area contributed by atoms with Crippen LogP contribution in [0, 0.1) is 5.82 Å². The number of hydrogen-bond donors (Lipinski definition) is 2. The fraction of sp³-hybridized carbons (Fsp3) is 0.520. The Morgan fingerprint density at radius 2 is 1.97 bits per heavy atom. The second kappa shape index (κ2) is 9.73. The fourth-order valence-corrected chi connectivity index (χ4v) is 6.95. The molecule has 3 aliphatic rings. The number of carbonyl (C=O) groups excluding carboxylic acids is 1. The van der Waals surface area contributed by atoms with Crippen LogP contribution in [0.2, 0.25) is 0 Å². The van der Waals surface area contributed by atoms with Crippen molar-refractivity contribution in [1.29, 1.82) is 0 Å². The molecule has 190 valence electrons. The number of nitrogens with one attached hydrogen (secondary N) is 1. The van der Waals surface area contributed by atoms with Crippen LogP contribution in [-0.2, 0) is 25.9 Å². The number of aliphatic imine (C=N–C) groups is 1. The van der Waals surface area contributed by atoms with E-state index < -0.39 is 32.4 Å². The summed E-state index contributed by atoms with van der Waals surface area (Å²) in [5.41, 5.74) is -0.482. The van der Waals surface area contributed by atoms with Gasteiger partial charge in [0.1, 0.15) is 17.3 Å². The van der Waals surface area contributed by atoms with Gasteiger partial charge in [0, 0.05) is 13.1 Å². The van der Waals surface area contributed by atoms with Crippen LogP contribution >= 0.6 is 0 Å². The Balaban J connectivity index is 1.58. The molecule has 1 saturated carbocycles. The van der Waals surface area contributed by atoms with Gasteiger partial charge in [0.25, 0.3) is 5.91 Å². The van der Waals surface area contributed by atoms with Crippen LogP contribution in [0.4, 0.5) is 4.39 Å². The van der Waals surface area contributed by atoms with Crippen molar-refractivity contribution in [3.63, 3.8) is 0 Å². The highest BCUT2D eigenvalue weighted by molar-refractivity contribution is 7.92. The first kappa shape index (κ1) is 25.4. The third kappa shape index (κ3) is 4.99. The average Bonchev–Trinajstić information content (AvgIpc) is 3.10. The zero-order valence-electron chi connectivity index (χ0n) is 20.1. The quantitative estimate of drug-likeness (QED) is 0.590. The number of fused-ring (bicyclic) bond motifs is 1. The molecule has 10 heteroatoms. The molecule has 2 heterocycles. The molecule has 4 rings (SSSR count). The van der Waals surface area contributed by atoms with Gasteiger partial charge in [0.2, 0.25) is 0 Å². The van der Waals surface area contributed by atoms with E-state index >= 15 is 0 Å². The summed E-state index contributed by atoms with van der Waals surface area (Å²) in [6.45, 7) is 8.21. The van der Waals surface area contributed by atoms with Crippen LogP contribution in [0.1, 0.15) is 57.9 Å². The molecule has 0 bridgehead atoms. The highest BCUT2D eigenvalue weighted by atomic mass is 32.2. The smallest absolute Gasteiger partial charge is 0.274 e. The van der Waals surface area contributed by atoms with E-state index in [4.69, 9.17) is 4.74 Å². The maximum Gasteiger partial charge on any atom is 0.274 e. The number of carbonyl (C=O) groups is 1. The van der Waals surface area contributed by atoms with Gasteiger partial charge in [-0.05, 0) is 44.4 Å². The van der Waals surface area contributed by atoms with E-state index in [1.807, 2.05) is 13.8 Å². The summed E-state index contributed by atoms with van der Waals surface area (Å²) in [7, 11) is -3.78. The Bertz CT molecular complexity index is 1200. The number of aliphatic hydroxyl groups is 1. The number of hydrogen-bond acceptors (Lipinski definition) is 7. The predicted molar refractivity (Wildman–Crippen MR) is 130 cm³/mol. The zero-order valence-corrected chi connectivity index (χ0v) is 21.0. The van der Waals surface area contributed by atoms with Gasteiger partial charge in [-0.3, -0.25) is 4.79 Å². The highest BCUT2D eigenvalue weighted by Crippen LogP contribution is 2.32. The standard InChI is InChI=1S/C25H32FN3O5S/c1-16-22(30)21(28-24-25(2,3)34-13-12-29(16)24)23(31)27-15-17-10-11-18(26)14-20(17)35(32,33)19-8-6-4-5-7-9-19/h10-11,14,19,30H,1,4-9,12-13,15H2,2-3H3,(H,27,31). The normalized spacial score (nSPS) is 21.3. The van der Waals surface area contributed by atoms with Gasteiger partial charge in [0.15, 0.2) is 21.3 Å². The second-order valence-corrected chi connectivity index (χ2v) is 11.9. The molecule has 2 aliphatic heterocycles. The van der Waals surface area contributed by atoms with E-state index in [0.29, 0.717) is 31.8 Å². The minimum absolute atomic E-state index is 0.102. The molecule has 0 unspecified atom stereocenters. The van der Waals surface area contributed by atoms with Crippen molar-refractivity contribution in [3.05, 3.63) is 53.3 Å². The van der Waals surface area contributed by atoms with Gasteiger partial charge in [0.05, 0.1) is 22.4 Å². The number of sulfone groups is 1. The molecule has 35 heavy (non-hydrogen) atoms. The average molecular weight is 506 g/mol. The number of morpholine rings is 1. The first-order valence-electron chi connectivity index (χ1n) is 12.0. The predicted octanol–water partition coefficient (Wildman–Crippen LogP) is 3.74. The SMILES string of the molecule is C=C1C(O)=C(C(=O)NCc2ccc(F)cc2S(=O)(=O)C2CCCCCC2)N=C2N1CCOC2(C)C. The van der Waals surface area contributed by atoms with Gasteiger partial charge in [-0.25, -0.2) is 17.8 Å². The molecule has 0 radical (unpaired) electrons. The van der Waals surface area contributed by atoms with Crippen molar-refractivity contribution < 1.29 is 27.4 Å². The van der Waals surface area contributed by atoms with E-state index in [1.54, 1.807) is 4.90 Å². The first-order valence-corrected chi connectivity index (χ1v) is 13.5. The number of amidine groups is 1. The van der Waals surface area contributed by atoms with Crippen LogP contribution in [0.3, 0.4) is 0 Å². The maximum absolute atomic E-state index is 14.1. The lowest BCUT2D eigenvalue weighted by Crippen LogP contribution is -2.54. The largest absolute Gasteiger partial charge is 0.504 e. The lowest BCUT2D eigenvalue weighted by Gasteiger charge is -2.43. The van der Waals surface area contributed by atoms with Gasteiger partial charge in [-0.15, -0.1) is 0 Å². The van der Waals surface area contributed by atoms with E-state index in [0.717, 1.165) is 31.7 Å². The van der Waals surface area contributed by atoms with Crippen LogP contribution < -0.4 is 5.32 Å². The molecule has 2 fully saturated rings. The third-order valence-corrected chi connectivity index (χ3v) is 9.19. The summed E-state index contributed by atoms with van der Waals surface area (Å²) in [5, 5.41) is 12.7. The Hall–Kier alpha value is -2.72. The van der Waals surface area contributed by atoms with Crippen molar-refractivity contribution in [1.82, 2.24) is 10.2 Å². The number of amides is 1. The zero-order chi connectivity index (χ0) is 25.4. The van der Waals surface area contributed by atoms with Gasteiger partial charge in [-0.2, -0.15) is 0 Å². The third-order valence-electron chi connectivity index (χ3n) is 6.84. The van der Waals surface area contributed by atoms with Crippen molar-refractivity contribution in [2.75, 3.05) is 13.2 Å². The molecule has 1 aliphatic carbocycles. The lowest BCUT2D eigenvalue weighted by atomic mass is 10.0. The molecule has 1 aromatic rings. The van der Waals surface area contributed by atoms with E-state index in [9.17, 15) is 22.7 Å². The molecule has 0 spiro atoms. The Kier molecular flexibility index (Phi) is 7.06. The lowest BCUT2D eigenvalue weighted by molar-refractivity contribution is -0.118. The molecule has 0 aromatic heterocycles. The molecule has 2 N–H and O–H groups in total. The highest BCUT2D eigenvalue weighted by Gasteiger charge is 2.41. The number of rotatable bonds is 5. The molecule has 1 aromatic carbocycles. The topological polar surface area (TPSA) is 108 Å². The van der Waals surface area contributed by atoms with Crippen molar-refractivity contribution >= 4 is 21.6 Å². The minimum atomic E-state index is -3.78. The molecular weight excluding hydrogens is 473 g/mol. The van der Waals surface area contributed by atoms with E-state index in [-0.39, 0.29) is 34.2 Å². The molecule has 1 amide bonds. The number of nitrogens with zero attached hydrogens (tertiary/aromatic N) is 2. The molecule has 8 nitrogen and oxygen atoms in total. The van der Waals surface area contributed by atoms with Crippen molar-refractivity contribution in [2.45, 2.75) is 74.7 Å². The summed E-state index contributed by atoms with van der Waals surface area (Å²) in [5.74, 6) is -1.24. The van der Waals surface area contributed by atoms with Gasteiger partial charge >= 0.3 is 0 Å². The number of ether oxygens (including phenoxy) is 1. The van der Waals surface area contributed by atoms with E-state index in [1.165, 1.54) is 12.1 Å². The molecule has 0 atom stereocenters. The Morgan fingerprint density at radius 3 is 2.66 bits per heavy atom. The summed E-state index contributed by atoms with van der Waals surface area (Å²) in [6.07, 6.45) is 4.70. The summed E-state index contributed by atoms with van der Waals surface area (Å²) in [6, 6.07) is 3.58. The van der Waals surface area contributed by atoms with E-state index in [2.05, 4.69) is 16.9 Å². The second-order valence-electron chi connectivity index (χ2n) is 9.68. The van der Waals surface area contributed by atoms with Crippen LogP contribution in [0.5, 0.6) is 0 Å². The number of halogens is 1. The minimum Gasteiger partial charge on any atom is -0.504 e. The summed E-state index contributed by atoms with van der Waals surface area (Å²) < 4.78 is 46.7. The molecule has 1 saturated heterocycles. The van der Waals surface area contributed by atoms with Gasteiger partial charge in [-0.1, -0.05) is 38.3 Å². The van der Waals surface area contributed by atoms with Crippen molar-refractivity contribution in [2.24, 2.45) is 4.99 Å².